The number of nitrogens with one attached hydrogen (secondary N) is 1. The van der Waals surface area contributed by atoms with Gasteiger partial charge in [0.15, 0.2) is 5.69 Å². The Labute approximate surface area is 140 Å². The summed E-state index contributed by atoms with van der Waals surface area (Å²) in [6, 6.07) is 20.7. The fourth-order valence-corrected chi connectivity index (χ4v) is 2.23. The van der Waals surface area contributed by atoms with E-state index >= 15 is 0 Å². The van der Waals surface area contributed by atoms with Crippen LogP contribution in [0.3, 0.4) is 0 Å². The average Bonchev–Trinajstić information content (AvgIpc) is 2.67. The lowest BCUT2D eigenvalue weighted by Gasteiger charge is -2.06. The molecule has 0 radical (unpaired) electrons. The Kier molecular flexibility index (Phi) is 4.81. The largest absolute Gasteiger partial charge is 0.497 e. The first-order valence-electron chi connectivity index (χ1n) is 7.56. The first-order valence-corrected chi connectivity index (χ1v) is 7.56. The number of hydrogen-bond acceptors (Lipinski definition) is 4. The minimum Gasteiger partial charge on any atom is -0.497 e. The van der Waals surface area contributed by atoms with Gasteiger partial charge in [0.1, 0.15) is 5.75 Å². The normalized spacial score (nSPS) is 10.2. The molecule has 0 saturated carbocycles. The molecule has 1 heterocycles. The molecule has 1 N–H and O–H groups in total. The lowest BCUT2D eigenvalue weighted by molar-refractivity contribution is 0.0945. The molecular formula is C19H17N3O2. The molecule has 0 aliphatic carbocycles. The number of benzene rings is 2. The molecule has 0 atom stereocenters. The van der Waals surface area contributed by atoms with Crippen molar-refractivity contribution in [3.8, 4) is 17.0 Å². The first kappa shape index (κ1) is 15.7. The topological polar surface area (TPSA) is 64.1 Å². The van der Waals surface area contributed by atoms with Crippen LogP contribution in [0.2, 0.25) is 0 Å². The monoisotopic (exact) mass is 319 g/mol. The quantitative estimate of drug-likeness (QED) is 0.785. The predicted octanol–water partition coefficient (Wildman–Crippen LogP) is 3.08. The van der Waals surface area contributed by atoms with Gasteiger partial charge in [-0.15, -0.1) is 10.2 Å². The number of nitrogens with zero attached hydrogens (tertiary/aromatic N) is 2. The van der Waals surface area contributed by atoms with Crippen LogP contribution in [-0.2, 0) is 6.54 Å². The van der Waals surface area contributed by atoms with Gasteiger partial charge < -0.3 is 10.1 Å². The number of ether oxygens (including phenoxy) is 1. The van der Waals surface area contributed by atoms with E-state index < -0.39 is 0 Å². The van der Waals surface area contributed by atoms with Gasteiger partial charge in [0.25, 0.3) is 5.91 Å². The first-order chi connectivity index (χ1) is 11.8. The van der Waals surface area contributed by atoms with E-state index in [9.17, 15) is 4.79 Å². The molecule has 24 heavy (non-hydrogen) atoms. The van der Waals surface area contributed by atoms with E-state index in [0.717, 1.165) is 22.6 Å². The highest BCUT2D eigenvalue weighted by atomic mass is 16.5. The summed E-state index contributed by atoms with van der Waals surface area (Å²) in [4.78, 5) is 12.2. The summed E-state index contributed by atoms with van der Waals surface area (Å²) in [6.07, 6.45) is 0. The van der Waals surface area contributed by atoms with Crippen molar-refractivity contribution < 1.29 is 9.53 Å². The van der Waals surface area contributed by atoms with Crippen molar-refractivity contribution >= 4 is 5.91 Å². The second-order valence-electron chi connectivity index (χ2n) is 5.20. The predicted molar refractivity (Wildman–Crippen MR) is 91.6 cm³/mol. The Morgan fingerprint density at radius 1 is 0.958 bits per heavy atom. The fourth-order valence-electron chi connectivity index (χ4n) is 2.23. The zero-order valence-corrected chi connectivity index (χ0v) is 13.3. The van der Waals surface area contributed by atoms with Crippen molar-refractivity contribution in [1.82, 2.24) is 15.5 Å². The second kappa shape index (κ2) is 7.37. The van der Waals surface area contributed by atoms with E-state index in [2.05, 4.69) is 15.5 Å². The van der Waals surface area contributed by atoms with Gasteiger partial charge in [0.05, 0.1) is 12.8 Å². The van der Waals surface area contributed by atoms with Crippen LogP contribution in [0.4, 0.5) is 0 Å². The zero-order chi connectivity index (χ0) is 16.8. The number of carbonyl (C=O) groups excluding carboxylic acids is 1. The molecule has 1 aromatic heterocycles. The van der Waals surface area contributed by atoms with E-state index in [0.29, 0.717) is 12.2 Å². The molecule has 0 aliphatic heterocycles. The van der Waals surface area contributed by atoms with Gasteiger partial charge >= 0.3 is 0 Å². The third-order valence-electron chi connectivity index (χ3n) is 3.58. The van der Waals surface area contributed by atoms with Gasteiger partial charge in [-0.2, -0.15) is 0 Å². The van der Waals surface area contributed by atoms with E-state index in [1.165, 1.54) is 0 Å². The Balaban J connectivity index is 1.62. The summed E-state index contributed by atoms with van der Waals surface area (Å²) in [5, 5.41) is 11.0. The minimum absolute atomic E-state index is 0.252. The molecule has 5 nitrogen and oxygen atoms in total. The Hall–Kier alpha value is -3.21. The van der Waals surface area contributed by atoms with Gasteiger partial charge in [-0.3, -0.25) is 4.79 Å². The molecule has 120 valence electrons. The summed E-state index contributed by atoms with van der Waals surface area (Å²) in [5.74, 6) is 0.533. The Morgan fingerprint density at radius 2 is 1.71 bits per heavy atom. The van der Waals surface area contributed by atoms with E-state index in [1.54, 1.807) is 19.2 Å². The van der Waals surface area contributed by atoms with Crippen molar-refractivity contribution in [2.24, 2.45) is 0 Å². The molecule has 0 saturated heterocycles. The fraction of sp³-hybridized carbons (Fsp3) is 0.105. The molecule has 1 amide bonds. The van der Waals surface area contributed by atoms with Crippen LogP contribution in [0.25, 0.3) is 11.3 Å². The van der Waals surface area contributed by atoms with Gasteiger partial charge in [-0.05, 0) is 29.8 Å². The highest BCUT2D eigenvalue weighted by Gasteiger charge is 2.08. The minimum atomic E-state index is -0.252. The molecule has 5 heteroatoms. The maximum atomic E-state index is 12.2. The van der Waals surface area contributed by atoms with Crippen LogP contribution in [0.15, 0.2) is 66.7 Å². The number of methoxy groups -OCH3 is 1. The Bertz CT molecular complexity index is 800. The van der Waals surface area contributed by atoms with E-state index in [-0.39, 0.29) is 5.91 Å². The second-order valence-corrected chi connectivity index (χ2v) is 5.20. The van der Waals surface area contributed by atoms with Crippen LogP contribution >= 0.6 is 0 Å². The lowest BCUT2D eigenvalue weighted by Crippen LogP contribution is -2.24. The van der Waals surface area contributed by atoms with Crippen LogP contribution in [0.1, 0.15) is 16.1 Å². The molecule has 0 fully saturated rings. The molecule has 0 unspecified atom stereocenters. The van der Waals surface area contributed by atoms with Crippen molar-refractivity contribution in [2.75, 3.05) is 7.11 Å². The third-order valence-corrected chi connectivity index (χ3v) is 3.58. The molecule has 3 aromatic rings. The standard InChI is InChI=1S/C19H17N3O2/c1-24-16-9-7-14(8-10-16)13-20-19(23)18-12-11-17(21-22-18)15-5-3-2-4-6-15/h2-12H,13H2,1H3,(H,20,23). The van der Waals surface area contributed by atoms with Gasteiger partial charge in [0.2, 0.25) is 0 Å². The summed E-state index contributed by atoms with van der Waals surface area (Å²) in [5.41, 5.74) is 2.98. The molecule has 0 spiro atoms. The van der Waals surface area contributed by atoms with Crippen LogP contribution in [0.5, 0.6) is 5.75 Å². The lowest BCUT2D eigenvalue weighted by atomic mass is 10.1. The van der Waals surface area contributed by atoms with Crippen molar-refractivity contribution in [3.63, 3.8) is 0 Å². The number of carbonyl (C=O) groups is 1. The van der Waals surface area contributed by atoms with Crippen molar-refractivity contribution in [2.45, 2.75) is 6.54 Å². The van der Waals surface area contributed by atoms with E-state index in [1.807, 2.05) is 54.6 Å². The van der Waals surface area contributed by atoms with Crippen molar-refractivity contribution in [1.29, 1.82) is 0 Å². The van der Waals surface area contributed by atoms with Crippen LogP contribution in [-0.4, -0.2) is 23.2 Å². The smallest absolute Gasteiger partial charge is 0.272 e. The SMILES string of the molecule is COc1ccc(CNC(=O)c2ccc(-c3ccccc3)nn2)cc1. The average molecular weight is 319 g/mol. The zero-order valence-electron chi connectivity index (χ0n) is 13.3. The molecule has 0 aliphatic rings. The highest BCUT2D eigenvalue weighted by molar-refractivity contribution is 5.92. The highest BCUT2D eigenvalue weighted by Crippen LogP contribution is 2.15. The molecular weight excluding hydrogens is 302 g/mol. The maximum Gasteiger partial charge on any atom is 0.272 e. The molecule has 0 bridgehead atoms. The van der Waals surface area contributed by atoms with Gasteiger partial charge in [-0.1, -0.05) is 42.5 Å². The van der Waals surface area contributed by atoms with Gasteiger partial charge in [-0.25, -0.2) is 0 Å². The van der Waals surface area contributed by atoms with Gasteiger partial charge in [0, 0.05) is 12.1 Å². The molecule has 2 aromatic carbocycles. The summed E-state index contributed by atoms with van der Waals surface area (Å²) in [6.45, 7) is 0.422. The maximum absolute atomic E-state index is 12.2. The Morgan fingerprint density at radius 3 is 2.33 bits per heavy atom. The summed E-state index contributed by atoms with van der Waals surface area (Å²) < 4.78 is 5.11. The number of amides is 1. The number of aromatic nitrogens is 2. The summed E-state index contributed by atoms with van der Waals surface area (Å²) in [7, 11) is 1.62. The van der Waals surface area contributed by atoms with E-state index in [4.69, 9.17) is 4.74 Å². The van der Waals surface area contributed by atoms with Crippen LogP contribution < -0.4 is 10.1 Å². The number of rotatable bonds is 5. The number of hydrogen-bond donors (Lipinski definition) is 1. The van der Waals surface area contributed by atoms with Crippen molar-refractivity contribution in [3.05, 3.63) is 78.0 Å². The third kappa shape index (κ3) is 3.76. The van der Waals surface area contributed by atoms with Crippen LogP contribution in [0, 0.1) is 0 Å². The summed E-state index contributed by atoms with van der Waals surface area (Å²) >= 11 is 0. The molecule has 3 rings (SSSR count).